The van der Waals surface area contributed by atoms with Gasteiger partial charge >= 0.3 is 6.03 Å². The zero-order valence-electron chi connectivity index (χ0n) is 10.3. The molecule has 0 aliphatic carbocycles. The van der Waals surface area contributed by atoms with Crippen LogP contribution in [0.4, 0.5) is 4.79 Å². The fourth-order valence-electron chi connectivity index (χ4n) is 1.79. The smallest absolute Gasteiger partial charge is 0.312 e. The van der Waals surface area contributed by atoms with Gasteiger partial charge in [-0.15, -0.1) is 11.3 Å². The molecular weight excluding hydrogens is 246 g/mol. The van der Waals surface area contributed by atoms with E-state index >= 15 is 0 Å². The largest absolute Gasteiger partial charge is 0.352 e. The molecule has 0 bridgehead atoms. The van der Waals surface area contributed by atoms with E-state index in [2.05, 4.69) is 41.8 Å². The molecule has 1 heterocycles. The van der Waals surface area contributed by atoms with Crippen LogP contribution in [0.15, 0.2) is 30.3 Å². The first-order valence-electron chi connectivity index (χ1n) is 5.92. The Morgan fingerprint density at radius 2 is 2.17 bits per heavy atom. The van der Waals surface area contributed by atoms with E-state index in [1.165, 1.54) is 15.0 Å². The Hall–Kier alpha value is -1.59. The normalized spacial score (nSPS) is 12.5. The molecular formula is C13H17N3OS. The Labute approximate surface area is 110 Å². The van der Waals surface area contributed by atoms with E-state index in [4.69, 9.17) is 5.73 Å². The number of carbonyl (C=O) groups excluding carboxylic acids is 1. The lowest BCUT2D eigenvalue weighted by Crippen LogP contribution is -2.35. The number of rotatable bonds is 5. The number of nitrogens with two attached hydrogens (primary N) is 1. The SMILES string of the molecule is CC(NCCNC(N)=O)c1cc2ccccc2s1. The van der Waals surface area contributed by atoms with Gasteiger partial charge in [0, 0.05) is 28.7 Å². The van der Waals surface area contributed by atoms with Crippen molar-refractivity contribution in [1.29, 1.82) is 0 Å². The summed E-state index contributed by atoms with van der Waals surface area (Å²) in [6.07, 6.45) is 0. The van der Waals surface area contributed by atoms with Gasteiger partial charge in [0.2, 0.25) is 0 Å². The van der Waals surface area contributed by atoms with Gasteiger partial charge < -0.3 is 16.4 Å². The molecule has 0 aliphatic rings. The molecule has 0 spiro atoms. The molecule has 1 unspecified atom stereocenters. The third-order valence-electron chi connectivity index (χ3n) is 2.75. The van der Waals surface area contributed by atoms with Crippen molar-refractivity contribution >= 4 is 27.5 Å². The molecule has 4 N–H and O–H groups in total. The maximum atomic E-state index is 10.5. The highest BCUT2D eigenvalue weighted by Gasteiger charge is 2.08. The lowest BCUT2D eigenvalue weighted by Gasteiger charge is -2.11. The lowest BCUT2D eigenvalue weighted by molar-refractivity contribution is 0.249. The van der Waals surface area contributed by atoms with E-state index in [0.717, 1.165) is 0 Å². The van der Waals surface area contributed by atoms with Crippen LogP contribution in [0.25, 0.3) is 10.1 Å². The summed E-state index contributed by atoms with van der Waals surface area (Å²) in [5.41, 5.74) is 5.00. The number of amides is 2. The molecule has 2 rings (SSSR count). The molecule has 2 amide bonds. The van der Waals surface area contributed by atoms with Crippen LogP contribution in [0.1, 0.15) is 17.8 Å². The quantitative estimate of drug-likeness (QED) is 0.724. The maximum absolute atomic E-state index is 10.5. The van der Waals surface area contributed by atoms with E-state index < -0.39 is 6.03 Å². The zero-order chi connectivity index (χ0) is 13.0. The molecule has 96 valence electrons. The van der Waals surface area contributed by atoms with Crippen molar-refractivity contribution in [3.05, 3.63) is 35.2 Å². The third kappa shape index (κ3) is 3.21. The fraction of sp³-hybridized carbons (Fsp3) is 0.308. The van der Waals surface area contributed by atoms with Gasteiger partial charge in [-0.2, -0.15) is 0 Å². The predicted octanol–water partition coefficient (Wildman–Crippen LogP) is 2.22. The summed E-state index contributed by atoms with van der Waals surface area (Å²) in [6.45, 7) is 3.37. The van der Waals surface area contributed by atoms with Crippen molar-refractivity contribution in [1.82, 2.24) is 10.6 Å². The van der Waals surface area contributed by atoms with Gasteiger partial charge in [-0.1, -0.05) is 18.2 Å². The molecule has 1 atom stereocenters. The second kappa shape index (κ2) is 5.84. The van der Waals surface area contributed by atoms with Gasteiger partial charge in [0.15, 0.2) is 0 Å². The predicted molar refractivity (Wildman–Crippen MR) is 75.8 cm³/mol. The second-order valence-electron chi connectivity index (χ2n) is 4.15. The van der Waals surface area contributed by atoms with Crippen molar-refractivity contribution in [3.63, 3.8) is 0 Å². The first-order chi connectivity index (χ1) is 8.66. The van der Waals surface area contributed by atoms with Crippen LogP contribution >= 0.6 is 11.3 Å². The number of thiophene rings is 1. The minimum absolute atomic E-state index is 0.275. The van der Waals surface area contributed by atoms with Crippen molar-refractivity contribution < 1.29 is 4.79 Å². The number of fused-ring (bicyclic) bond motifs is 1. The van der Waals surface area contributed by atoms with E-state index in [0.29, 0.717) is 13.1 Å². The van der Waals surface area contributed by atoms with Gasteiger partial charge in [0.05, 0.1) is 0 Å². The van der Waals surface area contributed by atoms with Crippen LogP contribution in [0.5, 0.6) is 0 Å². The molecule has 1 aromatic carbocycles. The number of hydrogen-bond donors (Lipinski definition) is 3. The maximum Gasteiger partial charge on any atom is 0.312 e. The topological polar surface area (TPSA) is 67.2 Å². The number of primary amides is 1. The Kier molecular flexibility index (Phi) is 4.17. The number of benzene rings is 1. The Morgan fingerprint density at radius 3 is 2.89 bits per heavy atom. The molecule has 0 radical (unpaired) electrons. The molecule has 0 fully saturated rings. The molecule has 0 saturated carbocycles. The molecule has 0 saturated heterocycles. The number of nitrogens with one attached hydrogen (secondary N) is 2. The lowest BCUT2D eigenvalue weighted by atomic mass is 10.2. The number of carbonyl (C=O) groups is 1. The highest BCUT2D eigenvalue weighted by Crippen LogP contribution is 2.29. The molecule has 2 aromatic rings. The van der Waals surface area contributed by atoms with Crippen LogP contribution < -0.4 is 16.4 Å². The van der Waals surface area contributed by atoms with Crippen LogP contribution in [0, 0.1) is 0 Å². The monoisotopic (exact) mass is 263 g/mol. The first-order valence-corrected chi connectivity index (χ1v) is 6.73. The summed E-state index contributed by atoms with van der Waals surface area (Å²) in [5, 5.41) is 7.19. The Bertz CT molecular complexity index is 505. The van der Waals surface area contributed by atoms with Crippen LogP contribution in [-0.2, 0) is 0 Å². The van der Waals surface area contributed by atoms with Gasteiger partial charge in [-0.3, -0.25) is 0 Å². The van der Waals surface area contributed by atoms with Crippen molar-refractivity contribution in [3.8, 4) is 0 Å². The van der Waals surface area contributed by atoms with Crippen LogP contribution in [-0.4, -0.2) is 19.1 Å². The Balaban J connectivity index is 1.92. The summed E-state index contributed by atoms with van der Waals surface area (Å²) in [5.74, 6) is 0. The summed E-state index contributed by atoms with van der Waals surface area (Å²) >= 11 is 1.80. The standard InChI is InChI=1S/C13H17N3OS/c1-9(15-6-7-16-13(14)17)12-8-10-4-2-3-5-11(10)18-12/h2-5,8-9,15H,6-7H2,1H3,(H3,14,16,17). The number of urea groups is 1. The summed E-state index contributed by atoms with van der Waals surface area (Å²) < 4.78 is 1.30. The average Bonchev–Trinajstić information content (AvgIpc) is 2.78. The van der Waals surface area contributed by atoms with Gasteiger partial charge in [-0.05, 0) is 24.4 Å². The van der Waals surface area contributed by atoms with Crippen molar-refractivity contribution in [2.24, 2.45) is 5.73 Å². The summed E-state index contributed by atoms with van der Waals surface area (Å²) in [4.78, 5) is 11.8. The molecule has 18 heavy (non-hydrogen) atoms. The second-order valence-corrected chi connectivity index (χ2v) is 5.27. The minimum atomic E-state index is -0.480. The van der Waals surface area contributed by atoms with Gasteiger partial charge in [0.1, 0.15) is 0 Å². The summed E-state index contributed by atoms with van der Waals surface area (Å²) in [6, 6.07) is 10.4. The summed E-state index contributed by atoms with van der Waals surface area (Å²) in [7, 11) is 0. The Morgan fingerprint density at radius 1 is 1.39 bits per heavy atom. The molecule has 4 nitrogen and oxygen atoms in total. The van der Waals surface area contributed by atoms with E-state index in [1.807, 2.05) is 6.07 Å². The van der Waals surface area contributed by atoms with E-state index in [-0.39, 0.29) is 6.04 Å². The highest BCUT2D eigenvalue weighted by molar-refractivity contribution is 7.19. The first kappa shape index (κ1) is 12.9. The molecule has 0 aliphatic heterocycles. The van der Waals surface area contributed by atoms with Gasteiger partial charge in [0.25, 0.3) is 0 Å². The number of hydrogen-bond acceptors (Lipinski definition) is 3. The highest BCUT2D eigenvalue weighted by atomic mass is 32.1. The minimum Gasteiger partial charge on any atom is -0.352 e. The van der Waals surface area contributed by atoms with E-state index in [1.54, 1.807) is 11.3 Å². The molecule has 5 heteroatoms. The van der Waals surface area contributed by atoms with Crippen LogP contribution in [0.2, 0.25) is 0 Å². The fourth-order valence-corrected chi connectivity index (χ4v) is 2.88. The average molecular weight is 263 g/mol. The molecule has 1 aromatic heterocycles. The van der Waals surface area contributed by atoms with Crippen LogP contribution in [0.3, 0.4) is 0 Å². The van der Waals surface area contributed by atoms with Crippen molar-refractivity contribution in [2.75, 3.05) is 13.1 Å². The van der Waals surface area contributed by atoms with E-state index in [9.17, 15) is 4.79 Å². The van der Waals surface area contributed by atoms with Crippen molar-refractivity contribution in [2.45, 2.75) is 13.0 Å². The third-order valence-corrected chi connectivity index (χ3v) is 4.04. The van der Waals surface area contributed by atoms with Gasteiger partial charge in [-0.25, -0.2) is 4.79 Å². The zero-order valence-corrected chi connectivity index (χ0v) is 11.1.